The third kappa shape index (κ3) is 5.14. The smallest absolute Gasteiger partial charge is 0.305 e. The molecule has 1 aliphatic rings. The van der Waals surface area contributed by atoms with Gasteiger partial charge >= 0.3 is 5.97 Å². The molecule has 0 aromatic carbocycles. The Morgan fingerprint density at radius 3 is 2.10 bits per heavy atom. The van der Waals surface area contributed by atoms with Crippen LogP contribution in [0.5, 0.6) is 0 Å². The lowest BCUT2D eigenvalue weighted by Gasteiger charge is -2.33. The summed E-state index contributed by atoms with van der Waals surface area (Å²) >= 11 is 0. The number of aliphatic carboxylic acids is 1. The number of hydrogen-bond acceptors (Lipinski definition) is 2. The lowest BCUT2D eigenvalue weighted by atomic mass is 9.98. The summed E-state index contributed by atoms with van der Waals surface area (Å²) in [6, 6.07) is 0.255. The van der Waals surface area contributed by atoms with Crippen LogP contribution in [0.4, 0.5) is 0 Å². The second-order valence-corrected chi connectivity index (χ2v) is 5.83. The molecule has 0 aromatic heterocycles. The monoisotopic (exact) mass is 283 g/mol. The van der Waals surface area contributed by atoms with Crippen LogP contribution in [-0.2, 0) is 9.59 Å². The molecule has 0 aromatic rings. The Kier molecular flexibility index (Phi) is 7.63. The molecule has 0 bridgehead atoms. The van der Waals surface area contributed by atoms with Gasteiger partial charge in [0, 0.05) is 18.5 Å². The van der Waals surface area contributed by atoms with Gasteiger partial charge in [0.05, 0.1) is 6.42 Å². The van der Waals surface area contributed by atoms with Crippen molar-refractivity contribution in [3.05, 3.63) is 0 Å². The molecule has 0 spiro atoms. The zero-order valence-corrected chi connectivity index (χ0v) is 12.9. The number of carbonyl (C=O) groups is 2. The first-order valence-corrected chi connectivity index (χ1v) is 8.12. The molecule has 4 nitrogen and oxygen atoms in total. The first-order chi connectivity index (χ1) is 9.60. The molecular weight excluding hydrogens is 254 g/mol. The van der Waals surface area contributed by atoms with E-state index in [0.29, 0.717) is 6.54 Å². The highest BCUT2D eigenvalue weighted by Gasteiger charge is 2.28. The summed E-state index contributed by atoms with van der Waals surface area (Å²) in [6.07, 6.45) is 8.59. The molecule has 1 rings (SSSR count). The van der Waals surface area contributed by atoms with E-state index in [9.17, 15) is 9.59 Å². The number of rotatable bonds is 7. The van der Waals surface area contributed by atoms with Crippen LogP contribution in [0.2, 0.25) is 0 Å². The van der Waals surface area contributed by atoms with Crippen LogP contribution in [-0.4, -0.2) is 34.5 Å². The van der Waals surface area contributed by atoms with Crippen LogP contribution in [0.15, 0.2) is 0 Å². The molecule has 1 fully saturated rings. The number of carboxylic acid groups (broad SMARTS) is 1. The lowest BCUT2D eigenvalue weighted by Crippen LogP contribution is -2.44. The van der Waals surface area contributed by atoms with Crippen LogP contribution < -0.4 is 0 Å². The number of carboxylic acids is 1. The van der Waals surface area contributed by atoms with E-state index in [1.807, 2.05) is 18.7 Å². The molecule has 4 heteroatoms. The largest absolute Gasteiger partial charge is 0.481 e. The molecule has 1 amide bonds. The van der Waals surface area contributed by atoms with Gasteiger partial charge in [0.1, 0.15) is 0 Å². The van der Waals surface area contributed by atoms with Crippen molar-refractivity contribution in [2.75, 3.05) is 6.54 Å². The van der Waals surface area contributed by atoms with E-state index < -0.39 is 5.97 Å². The standard InChI is InChI=1S/C16H29NO3/c1-3-13(4-2)16(20)17(12-11-15(18)19)14-9-7-5-6-8-10-14/h13-14H,3-12H2,1-2H3,(H,18,19). The van der Waals surface area contributed by atoms with Crippen LogP contribution >= 0.6 is 0 Å². The van der Waals surface area contributed by atoms with Crippen LogP contribution in [0.1, 0.15) is 71.6 Å². The topological polar surface area (TPSA) is 57.6 Å². The maximum absolute atomic E-state index is 12.7. The number of carbonyl (C=O) groups excluding carboxylic acids is 1. The van der Waals surface area contributed by atoms with Crippen molar-refractivity contribution in [2.24, 2.45) is 5.92 Å². The predicted molar refractivity (Wildman–Crippen MR) is 79.5 cm³/mol. The predicted octanol–water partition coefficient (Wildman–Crippen LogP) is 3.45. The van der Waals surface area contributed by atoms with E-state index in [2.05, 4.69) is 0 Å². The van der Waals surface area contributed by atoms with Gasteiger partial charge in [0.25, 0.3) is 0 Å². The summed E-state index contributed by atoms with van der Waals surface area (Å²) in [7, 11) is 0. The van der Waals surface area contributed by atoms with Gasteiger partial charge in [-0.05, 0) is 25.7 Å². The molecule has 0 saturated heterocycles. The number of nitrogens with zero attached hydrogens (tertiary/aromatic N) is 1. The molecule has 0 atom stereocenters. The van der Waals surface area contributed by atoms with Gasteiger partial charge in [0.15, 0.2) is 0 Å². The average Bonchev–Trinajstić information content (AvgIpc) is 2.69. The first kappa shape index (κ1) is 17.0. The second-order valence-electron chi connectivity index (χ2n) is 5.83. The average molecular weight is 283 g/mol. The minimum absolute atomic E-state index is 0.0482. The first-order valence-electron chi connectivity index (χ1n) is 8.12. The molecule has 1 saturated carbocycles. The van der Waals surface area contributed by atoms with Crippen LogP contribution in [0.3, 0.4) is 0 Å². The molecule has 1 aliphatic carbocycles. The highest BCUT2D eigenvalue weighted by atomic mass is 16.4. The quantitative estimate of drug-likeness (QED) is 0.728. The third-order valence-electron chi connectivity index (χ3n) is 4.45. The Labute approximate surface area is 122 Å². The van der Waals surface area contributed by atoms with Crippen molar-refractivity contribution in [1.29, 1.82) is 0 Å². The van der Waals surface area contributed by atoms with E-state index in [0.717, 1.165) is 38.5 Å². The van der Waals surface area contributed by atoms with E-state index in [-0.39, 0.29) is 24.3 Å². The van der Waals surface area contributed by atoms with Gasteiger partial charge in [-0.15, -0.1) is 0 Å². The molecule has 0 heterocycles. The highest BCUT2D eigenvalue weighted by Crippen LogP contribution is 2.24. The summed E-state index contributed by atoms with van der Waals surface area (Å²) in [5, 5.41) is 8.91. The molecule has 20 heavy (non-hydrogen) atoms. The van der Waals surface area contributed by atoms with Crippen molar-refractivity contribution in [1.82, 2.24) is 4.90 Å². The molecule has 116 valence electrons. The third-order valence-corrected chi connectivity index (χ3v) is 4.45. The fourth-order valence-electron chi connectivity index (χ4n) is 3.13. The normalized spacial score (nSPS) is 16.9. The van der Waals surface area contributed by atoms with Gasteiger partial charge in [-0.1, -0.05) is 39.5 Å². The Hall–Kier alpha value is -1.06. The minimum atomic E-state index is -0.819. The zero-order valence-electron chi connectivity index (χ0n) is 12.9. The van der Waals surface area contributed by atoms with Crippen molar-refractivity contribution >= 4 is 11.9 Å². The van der Waals surface area contributed by atoms with Crippen molar-refractivity contribution in [2.45, 2.75) is 77.7 Å². The Morgan fingerprint density at radius 1 is 1.10 bits per heavy atom. The molecular formula is C16H29NO3. The summed E-state index contributed by atoms with van der Waals surface area (Å²) in [5.41, 5.74) is 0. The van der Waals surface area contributed by atoms with Crippen molar-refractivity contribution in [3.63, 3.8) is 0 Å². The molecule has 0 unspecified atom stereocenters. The van der Waals surface area contributed by atoms with Gasteiger partial charge in [-0.2, -0.15) is 0 Å². The van der Waals surface area contributed by atoms with Crippen LogP contribution in [0, 0.1) is 5.92 Å². The van der Waals surface area contributed by atoms with E-state index in [1.165, 1.54) is 12.8 Å². The fraction of sp³-hybridized carbons (Fsp3) is 0.875. The highest BCUT2D eigenvalue weighted by molar-refractivity contribution is 5.79. The lowest BCUT2D eigenvalue weighted by molar-refractivity contribution is -0.141. The zero-order chi connectivity index (χ0) is 15.0. The summed E-state index contributed by atoms with van der Waals surface area (Å²) in [6.45, 7) is 4.44. The fourth-order valence-corrected chi connectivity index (χ4v) is 3.13. The minimum Gasteiger partial charge on any atom is -0.481 e. The van der Waals surface area contributed by atoms with E-state index in [4.69, 9.17) is 5.11 Å². The van der Waals surface area contributed by atoms with Crippen molar-refractivity contribution in [3.8, 4) is 0 Å². The maximum Gasteiger partial charge on any atom is 0.305 e. The number of hydrogen-bond donors (Lipinski definition) is 1. The van der Waals surface area contributed by atoms with Gasteiger partial charge in [0.2, 0.25) is 5.91 Å². The van der Waals surface area contributed by atoms with Crippen LogP contribution in [0.25, 0.3) is 0 Å². The Morgan fingerprint density at radius 2 is 1.65 bits per heavy atom. The van der Waals surface area contributed by atoms with Crippen molar-refractivity contribution < 1.29 is 14.7 Å². The summed E-state index contributed by atoms with van der Waals surface area (Å²) in [5.74, 6) is -0.601. The maximum atomic E-state index is 12.7. The van der Waals surface area contributed by atoms with Gasteiger partial charge < -0.3 is 10.0 Å². The van der Waals surface area contributed by atoms with E-state index in [1.54, 1.807) is 0 Å². The Balaban J connectivity index is 2.76. The SMILES string of the molecule is CCC(CC)C(=O)N(CCC(=O)O)C1CCCCCC1. The molecule has 0 aliphatic heterocycles. The molecule has 0 radical (unpaired) electrons. The summed E-state index contributed by atoms with van der Waals surface area (Å²) in [4.78, 5) is 25.4. The number of amides is 1. The summed E-state index contributed by atoms with van der Waals surface area (Å²) < 4.78 is 0. The molecule has 1 N–H and O–H groups in total. The van der Waals surface area contributed by atoms with Gasteiger partial charge in [-0.25, -0.2) is 0 Å². The van der Waals surface area contributed by atoms with Gasteiger partial charge in [-0.3, -0.25) is 9.59 Å². The second kappa shape index (κ2) is 8.98. The Bertz CT molecular complexity index is 305. The van der Waals surface area contributed by atoms with E-state index >= 15 is 0 Å².